The van der Waals surface area contributed by atoms with E-state index in [2.05, 4.69) is 10.6 Å². The first-order valence-electron chi connectivity index (χ1n) is 6.81. The number of carbonyl (C=O) groups is 2. The molecule has 0 radical (unpaired) electrons. The number of hydrogen-bond donors (Lipinski definition) is 3. The molecule has 22 heavy (non-hydrogen) atoms. The van der Waals surface area contributed by atoms with Crippen LogP contribution >= 0.6 is 0 Å². The first-order valence-corrected chi connectivity index (χ1v) is 6.81. The number of benzene rings is 1. The molecule has 2 amide bonds. The zero-order valence-electron chi connectivity index (χ0n) is 11.5. The summed E-state index contributed by atoms with van der Waals surface area (Å²) >= 11 is 0. The fourth-order valence-corrected chi connectivity index (χ4v) is 2.45. The van der Waals surface area contributed by atoms with Crippen molar-refractivity contribution in [2.24, 2.45) is 5.92 Å². The molecule has 0 heterocycles. The van der Waals surface area contributed by atoms with Crippen LogP contribution in [0.4, 0.5) is 23.7 Å². The summed E-state index contributed by atoms with van der Waals surface area (Å²) in [7, 11) is 0. The lowest BCUT2D eigenvalue weighted by atomic mass is 9.86. The molecule has 0 spiro atoms. The largest absolute Gasteiger partial charge is 0.481 e. The van der Waals surface area contributed by atoms with Gasteiger partial charge in [0.2, 0.25) is 0 Å². The number of nitrogens with one attached hydrogen (secondary N) is 2. The molecule has 1 saturated carbocycles. The Labute approximate surface area is 124 Å². The normalized spacial score (nSPS) is 21.2. The van der Waals surface area contributed by atoms with Crippen LogP contribution in [0.25, 0.3) is 0 Å². The predicted octanol–water partition coefficient (Wildman–Crippen LogP) is 2.87. The smallest absolute Gasteiger partial charge is 0.319 e. The van der Waals surface area contributed by atoms with Crippen molar-refractivity contribution in [1.29, 1.82) is 0 Å². The number of halogens is 3. The summed E-state index contributed by atoms with van der Waals surface area (Å²) in [5, 5.41) is 13.5. The third-order valence-corrected chi connectivity index (χ3v) is 3.67. The van der Waals surface area contributed by atoms with Gasteiger partial charge in [0, 0.05) is 18.2 Å². The Morgan fingerprint density at radius 3 is 2.18 bits per heavy atom. The molecule has 2 rings (SSSR count). The van der Waals surface area contributed by atoms with Crippen LogP contribution in [0.1, 0.15) is 25.7 Å². The Morgan fingerprint density at radius 2 is 1.59 bits per heavy atom. The van der Waals surface area contributed by atoms with E-state index in [-0.39, 0.29) is 6.04 Å². The van der Waals surface area contributed by atoms with Gasteiger partial charge in [-0.05, 0) is 25.7 Å². The summed E-state index contributed by atoms with van der Waals surface area (Å²) in [4.78, 5) is 22.5. The first kappa shape index (κ1) is 16.1. The topological polar surface area (TPSA) is 78.4 Å². The highest BCUT2D eigenvalue weighted by atomic mass is 19.2. The molecular weight excluding hydrogens is 301 g/mol. The van der Waals surface area contributed by atoms with Gasteiger partial charge in [-0.3, -0.25) is 4.79 Å². The Hall–Kier alpha value is -2.25. The van der Waals surface area contributed by atoms with E-state index < -0.39 is 41.1 Å². The molecule has 0 aliphatic heterocycles. The van der Waals surface area contributed by atoms with Crippen molar-refractivity contribution in [2.45, 2.75) is 31.7 Å². The van der Waals surface area contributed by atoms with E-state index >= 15 is 0 Å². The molecule has 1 fully saturated rings. The molecule has 0 atom stereocenters. The fraction of sp³-hybridized carbons (Fsp3) is 0.429. The zero-order valence-corrected chi connectivity index (χ0v) is 11.5. The molecule has 1 aromatic rings. The van der Waals surface area contributed by atoms with Gasteiger partial charge in [-0.25, -0.2) is 18.0 Å². The zero-order chi connectivity index (χ0) is 16.3. The van der Waals surface area contributed by atoms with Crippen molar-refractivity contribution in [1.82, 2.24) is 5.32 Å². The summed E-state index contributed by atoms with van der Waals surface area (Å²) in [6.07, 6.45) is 1.87. The van der Waals surface area contributed by atoms with Crippen LogP contribution < -0.4 is 10.6 Å². The molecule has 1 aromatic carbocycles. The van der Waals surface area contributed by atoms with E-state index in [0.29, 0.717) is 37.8 Å². The number of carboxylic acid groups (broad SMARTS) is 1. The van der Waals surface area contributed by atoms with Gasteiger partial charge in [-0.15, -0.1) is 0 Å². The fourth-order valence-electron chi connectivity index (χ4n) is 2.45. The van der Waals surface area contributed by atoms with Crippen LogP contribution in [0, 0.1) is 23.4 Å². The number of rotatable bonds is 3. The average molecular weight is 316 g/mol. The van der Waals surface area contributed by atoms with Crippen LogP contribution in [0.5, 0.6) is 0 Å². The monoisotopic (exact) mass is 316 g/mol. The molecule has 5 nitrogen and oxygen atoms in total. The van der Waals surface area contributed by atoms with Crippen molar-refractivity contribution in [3.8, 4) is 0 Å². The van der Waals surface area contributed by atoms with Gasteiger partial charge in [-0.2, -0.15) is 0 Å². The standard InChI is InChI=1S/C14H15F3N2O3/c15-9-5-11(17)12(6-10(9)16)19-14(22)18-8-3-1-7(2-4-8)13(20)21/h5-8H,1-4H2,(H,20,21)(H2,18,19,22). The number of aliphatic carboxylic acids is 1. The third kappa shape index (κ3) is 3.90. The Balaban J connectivity index is 1.89. The lowest BCUT2D eigenvalue weighted by molar-refractivity contribution is -0.142. The Bertz CT molecular complexity index is 587. The van der Waals surface area contributed by atoms with Crippen LogP contribution in [0.15, 0.2) is 12.1 Å². The lowest BCUT2D eigenvalue weighted by Crippen LogP contribution is -2.41. The molecule has 1 aliphatic rings. The van der Waals surface area contributed by atoms with Gasteiger partial charge in [0.15, 0.2) is 11.6 Å². The first-order chi connectivity index (χ1) is 10.4. The van der Waals surface area contributed by atoms with E-state index in [4.69, 9.17) is 5.11 Å². The molecule has 0 aromatic heterocycles. The second-order valence-corrected chi connectivity index (χ2v) is 5.23. The summed E-state index contributed by atoms with van der Waals surface area (Å²) in [5.74, 6) is -4.95. The summed E-state index contributed by atoms with van der Waals surface area (Å²) in [6, 6.07) is -0.0677. The molecule has 0 bridgehead atoms. The number of carbonyl (C=O) groups excluding carboxylic acids is 1. The maximum absolute atomic E-state index is 13.4. The van der Waals surface area contributed by atoms with Gasteiger partial charge in [0.1, 0.15) is 5.82 Å². The van der Waals surface area contributed by atoms with E-state index in [9.17, 15) is 22.8 Å². The highest BCUT2D eigenvalue weighted by Crippen LogP contribution is 2.24. The van der Waals surface area contributed by atoms with Gasteiger partial charge >= 0.3 is 12.0 Å². The van der Waals surface area contributed by atoms with Crippen LogP contribution in [0.3, 0.4) is 0 Å². The summed E-state index contributed by atoms with van der Waals surface area (Å²) in [6.45, 7) is 0. The molecule has 1 aliphatic carbocycles. The van der Waals surface area contributed by atoms with E-state index in [0.717, 1.165) is 0 Å². The number of urea groups is 1. The number of hydrogen-bond acceptors (Lipinski definition) is 2. The maximum Gasteiger partial charge on any atom is 0.319 e. The Morgan fingerprint density at radius 1 is 1.00 bits per heavy atom. The minimum absolute atomic E-state index is 0.232. The summed E-state index contributed by atoms with van der Waals surface area (Å²) < 4.78 is 39.2. The predicted molar refractivity (Wildman–Crippen MR) is 71.9 cm³/mol. The molecule has 3 N–H and O–H groups in total. The van der Waals surface area contributed by atoms with Crippen LogP contribution in [-0.2, 0) is 4.79 Å². The van der Waals surface area contributed by atoms with Crippen molar-refractivity contribution in [2.75, 3.05) is 5.32 Å². The van der Waals surface area contributed by atoms with Crippen LogP contribution in [-0.4, -0.2) is 23.1 Å². The van der Waals surface area contributed by atoms with E-state index in [1.807, 2.05) is 0 Å². The highest BCUT2D eigenvalue weighted by Gasteiger charge is 2.26. The van der Waals surface area contributed by atoms with Crippen molar-refractivity contribution in [3.05, 3.63) is 29.6 Å². The minimum atomic E-state index is -1.34. The van der Waals surface area contributed by atoms with Crippen molar-refractivity contribution < 1.29 is 27.9 Å². The van der Waals surface area contributed by atoms with Crippen molar-refractivity contribution in [3.63, 3.8) is 0 Å². The maximum atomic E-state index is 13.4. The third-order valence-electron chi connectivity index (χ3n) is 3.67. The molecule has 0 saturated heterocycles. The Kier molecular flexibility index (Phi) is 4.89. The minimum Gasteiger partial charge on any atom is -0.481 e. The molecular formula is C14H15F3N2O3. The average Bonchev–Trinajstić information content (AvgIpc) is 2.45. The van der Waals surface area contributed by atoms with Crippen molar-refractivity contribution >= 4 is 17.7 Å². The molecule has 0 unspecified atom stereocenters. The highest BCUT2D eigenvalue weighted by molar-refractivity contribution is 5.89. The SMILES string of the molecule is O=C(Nc1cc(F)c(F)cc1F)NC1CCC(C(=O)O)CC1. The number of amides is 2. The van der Waals surface area contributed by atoms with Gasteiger partial charge in [-0.1, -0.05) is 0 Å². The number of carboxylic acids is 1. The molecule has 120 valence electrons. The lowest BCUT2D eigenvalue weighted by Gasteiger charge is -2.26. The van der Waals surface area contributed by atoms with Gasteiger partial charge < -0.3 is 15.7 Å². The van der Waals surface area contributed by atoms with Crippen LogP contribution in [0.2, 0.25) is 0 Å². The second-order valence-electron chi connectivity index (χ2n) is 5.23. The van der Waals surface area contributed by atoms with E-state index in [1.165, 1.54) is 0 Å². The molecule has 8 heteroatoms. The van der Waals surface area contributed by atoms with E-state index in [1.54, 1.807) is 0 Å². The van der Waals surface area contributed by atoms with Gasteiger partial charge in [0.25, 0.3) is 0 Å². The summed E-state index contributed by atoms with van der Waals surface area (Å²) in [5.41, 5.74) is -0.462. The quantitative estimate of drug-likeness (QED) is 0.750. The van der Waals surface area contributed by atoms with Gasteiger partial charge in [0.05, 0.1) is 11.6 Å². The number of anilines is 1. The second kappa shape index (κ2) is 6.67.